The van der Waals surface area contributed by atoms with Gasteiger partial charge in [-0.3, -0.25) is 19.2 Å². The van der Waals surface area contributed by atoms with Gasteiger partial charge in [0.15, 0.2) is 0 Å². The second-order valence-electron chi connectivity index (χ2n) is 20.1. The summed E-state index contributed by atoms with van der Waals surface area (Å²) < 4.78 is 49.1. The van der Waals surface area contributed by atoms with Gasteiger partial charge < -0.3 is 50.4 Å². The summed E-state index contributed by atoms with van der Waals surface area (Å²) in [6, 6.07) is 24.9. The number of nitrogens with two attached hydrogens (primary N) is 1. The fourth-order valence-electron chi connectivity index (χ4n) is 8.42. The average molecular weight is 1060 g/mol. The molecule has 0 spiro atoms. The summed E-state index contributed by atoms with van der Waals surface area (Å²) in [6.45, 7) is 12.5. The van der Waals surface area contributed by atoms with Crippen molar-refractivity contribution in [3.05, 3.63) is 131 Å². The first kappa shape index (κ1) is 60.8. The van der Waals surface area contributed by atoms with E-state index in [-0.39, 0.29) is 61.3 Å². The van der Waals surface area contributed by atoms with Crippen LogP contribution in [0.25, 0.3) is 0 Å². The molecule has 6 rings (SSSR count). The number of amides is 5. The molecule has 16 nitrogen and oxygen atoms in total. The number of alkyl carbamates (subject to hydrolysis) is 2. The van der Waals surface area contributed by atoms with E-state index in [0.717, 1.165) is 25.7 Å². The topological polar surface area (TPSA) is 208 Å². The number of hydrogen-bond donors (Lipinski definition) is 4. The van der Waals surface area contributed by atoms with Crippen molar-refractivity contribution >= 4 is 46.8 Å². The number of halogens is 3. The molecular formula is C56H73ClF2N6O10. The summed E-state index contributed by atoms with van der Waals surface area (Å²) in [4.78, 5) is 77.5. The highest BCUT2D eigenvalue weighted by atomic mass is 35.5. The van der Waals surface area contributed by atoms with Crippen molar-refractivity contribution in [1.29, 1.82) is 0 Å². The molecule has 4 atom stereocenters. The zero-order valence-electron chi connectivity index (χ0n) is 44.2. The maximum Gasteiger partial charge on any atom is 0.407 e. The molecule has 2 heterocycles. The van der Waals surface area contributed by atoms with Gasteiger partial charge >= 0.3 is 12.2 Å². The molecule has 2 saturated heterocycles. The molecule has 4 aromatic rings. The van der Waals surface area contributed by atoms with Gasteiger partial charge in [-0.25, -0.2) is 18.4 Å². The van der Waals surface area contributed by atoms with Crippen molar-refractivity contribution in [3.8, 4) is 11.5 Å². The van der Waals surface area contributed by atoms with Gasteiger partial charge in [0.1, 0.15) is 34.3 Å². The molecule has 408 valence electrons. The van der Waals surface area contributed by atoms with Gasteiger partial charge in [-0.15, -0.1) is 0 Å². The van der Waals surface area contributed by atoms with Crippen molar-refractivity contribution < 1.29 is 56.5 Å². The lowest BCUT2D eigenvalue weighted by Gasteiger charge is -2.28. The number of nitrogens with one attached hydrogen (secondary N) is 3. The van der Waals surface area contributed by atoms with Crippen LogP contribution in [0, 0.1) is 11.6 Å². The normalized spacial score (nSPS) is 15.9. The number of benzene rings is 4. The Morgan fingerprint density at radius 1 is 0.640 bits per heavy atom. The van der Waals surface area contributed by atoms with Gasteiger partial charge in [-0.2, -0.15) is 0 Å². The van der Waals surface area contributed by atoms with Crippen molar-refractivity contribution in [2.24, 2.45) is 5.73 Å². The van der Waals surface area contributed by atoms with E-state index < -0.39 is 46.5 Å². The van der Waals surface area contributed by atoms with Crippen molar-refractivity contribution in [3.63, 3.8) is 0 Å². The first-order valence-electron chi connectivity index (χ1n) is 25.0. The molecule has 0 aliphatic carbocycles. The van der Waals surface area contributed by atoms with Crippen LogP contribution in [-0.4, -0.2) is 121 Å². The minimum absolute atomic E-state index is 0.0199. The Bertz CT molecular complexity index is 2540. The van der Waals surface area contributed by atoms with E-state index in [0.29, 0.717) is 59.9 Å². The highest BCUT2D eigenvalue weighted by molar-refractivity contribution is 6.67. The van der Waals surface area contributed by atoms with E-state index >= 15 is 0 Å². The average Bonchev–Trinajstić information content (AvgIpc) is 4.04. The number of likely N-dealkylation sites (tertiary alicyclic amines) is 2. The van der Waals surface area contributed by atoms with Gasteiger partial charge in [0.25, 0.3) is 11.1 Å². The largest absolute Gasteiger partial charge is 0.497 e. The Kier molecular flexibility index (Phi) is 23.8. The molecule has 2 aliphatic heterocycles. The third kappa shape index (κ3) is 21.2. The van der Waals surface area contributed by atoms with E-state index in [1.807, 2.05) is 0 Å². The van der Waals surface area contributed by atoms with Crippen LogP contribution in [0.3, 0.4) is 0 Å². The summed E-state index contributed by atoms with van der Waals surface area (Å²) in [5.41, 5.74) is 6.16. The summed E-state index contributed by atoms with van der Waals surface area (Å²) in [7, 11) is 3.08. The molecule has 0 saturated carbocycles. The van der Waals surface area contributed by atoms with Crippen LogP contribution < -0.4 is 31.2 Å². The van der Waals surface area contributed by atoms with E-state index in [4.69, 9.17) is 36.3 Å². The molecule has 19 heteroatoms. The SMILES string of the molecule is CC(C)(C)OC(=O)N[C@@H](CC(=O)N1CCC[C@H]1CN)Cc1ccccc1F.COc1cccc(C(=O)Cl)c1.COc1cccc(C(=O)NC[C@@H]2CCCN2C(=O)C[C@@H](Cc2ccccc2F)NC(=O)OC(C)(C)C)c1. The predicted molar refractivity (Wildman–Crippen MR) is 283 cm³/mol. The van der Waals surface area contributed by atoms with Gasteiger partial charge in [0.05, 0.1) is 14.2 Å². The van der Waals surface area contributed by atoms with Crippen LogP contribution >= 0.6 is 11.6 Å². The van der Waals surface area contributed by atoms with Gasteiger partial charge in [-0.05, 0) is 151 Å². The molecule has 4 aromatic carbocycles. The molecule has 5 N–H and O–H groups in total. The molecule has 5 amide bonds. The van der Waals surface area contributed by atoms with Crippen molar-refractivity contribution in [2.75, 3.05) is 40.4 Å². The monoisotopic (exact) mass is 1060 g/mol. The number of ether oxygens (including phenoxy) is 4. The van der Waals surface area contributed by atoms with Crippen molar-refractivity contribution in [2.45, 2.75) is 128 Å². The van der Waals surface area contributed by atoms with Gasteiger partial charge in [0.2, 0.25) is 11.8 Å². The zero-order valence-corrected chi connectivity index (χ0v) is 45.0. The fourth-order valence-corrected chi connectivity index (χ4v) is 8.54. The van der Waals surface area contributed by atoms with Crippen LogP contribution in [0.5, 0.6) is 11.5 Å². The molecule has 2 fully saturated rings. The summed E-state index contributed by atoms with van der Waals surface area (Å²) >= 11 is 5.24. The molecule has 0 bridgehead atoms. The second-order valence-corrected chi connectivity index (χ2v) is 20.5. The van der Waals surface area contributed by atoms with Crippen LogP contribution in [-0.2, 0) is 31.9 Å². The predicted octanol–water partition coefficient (Wildman–Crippen LogP) is 8.76. The Labute approximate surface area is 444 Å². The van der Waals surface area contributed by atoms with Gasteiger partial charge in [0, 0.05) is 74.3 Å². The number of methoxy groups -OCH3 is 2. The standard InChI is InChI=1S/C28H36FN3O5.C20H30FN3O3.C8H7ClO2/c1-28(2,3)37-27(35)31-21(15-19-9-5-6-13-24(19)29)17-25(33)32-14-8-11-22(32)18-30-26(34)20-10-7-12-23(16-20)36-4;1-20(2,3)27-19(26)23-15(11-14-7-4-5-9-17(14)21)12-18(25)24-10-6-8-16(24)13-22;1-11-7-4-2-3-6(5-7)8(9)10/h5-7,9-10,12-13,16,21-22H,8,11,14-15,17-18H2,1-4H3,(H,30,34)(H,31,35);4-5,7,9,15-16H,6,8,10-13,22H2,1-3H3,(H,23,26);2-5H,1H3/t21-,22+;15-,16+;/m11./s1. The van der Waals surface area contributed by atoms with Crippen LogP contribution in [0.15, 0.2) is 97.1 Å². The number of carbonyl (C=O) groups excluding carboxylic acids is 6. The Hall–Kier alpha value is -6.79. The third-order valence-corrected chi connectivity index (χ3v) is 12.1. The Morgan fingerprint density at radius 2 is 1.07 bits per heavy atom. The minimum atomic E-state index is -0.711. The quantitative estimate of drug-likeness (QED) is 0.0735. The van der Waals surface area contributed by atoms with E-state index in [9.17, 15) is 37.5 Å². The van der Waals surface area contributed by atoms with Gasteiger partial charge in [-0.1, -0.05) is 48.5 Å². The molecule has 0 radical (unpaired) electrons. The lowest BCUT2D eigenvalue weighted by Crippen LogP contribution is -2.47. The molecule has 0 unspecified atom stereocenters. The number of carbonyl (C=O) groups is 6. The van der Waals surface area contributed by atoms with Crippen LogP contribution in [0.1, 0.15) is 112 Å². The minimum Gasteiger partial charge on any atom is -0.497 e. The second kappa shape index (κ2) is 29.3. The lowest BCUT2D eigenvalue weighted by molar-refractivity contribution is -0.133. The van der Waals surface area contributed by atoms with Crippen molar-refractivity contribution in [1.82, 2.24) is 25.8 Å². The van der Waals surface area contributed by atoms with Crippen LogP contribution in [0.2, 0.25) is 0 Å². The molecule has 75 heavy (non-hydrogen) atoms. The summed E-state index contributed by atoms with van der Waals surface area (Å²) in [5, 5.41) is 7.91. The molecular weight excluding hydrogens is 990 g/mol. The maximum absolute atomic E-state index is 14.3. The fraction of sp³-hybridized carbons (Fsp3) is 0.464. The zero-order chi connectivity index (χ0) is 55.3. The summed E-state index contributed by atoms with van der Waals surface area (Å²) in [5.74, 6) is -0.0366. The maximum atomic E-state index is 14.3. The van der Waals surface area contributed by atoms with E-state index in [1.165, 1.54) is 26.4 Å². The smallest absolute Gasteiger partial charge is 0.407 e. The Morgan fingerprint density at radius 3 is 1.49 bits per heavy atom. The first-order valence-corrected chi connectivity index (χ1v) is 25.4. The van der Waals surface area contributed by atoms with E-state index in [2.05, 4.69) is 16.0 Å². The highest BCUT2D eigenvalue weighted by Gasteiger charge is 2.33. The van der Waals surface area contributed by atoms with Crippen LogP contribution in [0.4, 0.5) is 18.4 Å². The number of nitrogens with zero attached hydrogens (tertiary/aromatic N) is 2. The lowest BCUT2D eigenvalue weighted by atomic mass is 10.0. The first-order chi connectivity index (χ1) is 35.5. The van der Waals surface area contributed by atoms with E-state index in [1.54, 1.807) is 136 Å². The molecule has 0 aromatic heterocycles. The molecule has 2 aliphatic rings. The number of hydrogen-bond acceptors (Lipinski definition) is 11. The highest BCUT2D eigenvalue weighted by Crippen LogP contribution is 2.23. The third-order valence-electron chi connectivity index (χ3n) is 11.9. The Balaban J connectivity index is 0.000000278. The summed E-state index contributed by atoms with van der Waals surface area (Å²) in [6.07, 6.45) is 2.49. The number of rotatable bonds is 17.